The SMILES string of the molecule is C#CCC(C)NC(=O)c1ccc(C(=O)O)c(C)n1. The Labute approximate surface area is 105 Å². The molecule has 18 heavy (non-hydrogen) atoms. The van der Waals surface area contributed by atoms with Crippen LogP contribution in [0.1, 0.15) is 39.9 Å². The van der Waals surface area contributed by atoms with Gasteiger partial charge in [-0.3, -0.25) is 4.79 Å². The number of nitrogens with zero attached hydrogens (tertiary/aromatic N) is 1. The first-order valence-electron chi connectivity index (χ1n) is 5.41. The van der Waals surface area contributed by atoms with Crippen molar-refractivity contribution in [1.82, 2.24) is 10.3 Å². The van der Waals surface area contributed by atoms with E-state index in [1.54, 1.807) is 13.8 Å². The van der Waals surface area contributed by atoms with Gasteiger partial charge in [-0.05, 0) is 26.0 Å². The molecular formula is C13H14N2O3. The second kappa shape index (κ2) is 5.82. The van der Waals surface area contributed by atoms with Gasteiger partial charge in [-0.25, -0.2) is 9.78 Å². The maximum absolute atomic E-state index is 11.8. The van der Waals surface area contributed by atoms with E-state index in [4.69, 9.17) is 11.5 Å². The van der Waals surface area contributed by atoms with Gasteiger partial charge in [-0.2, -0.15) is 0 Å². The Morgan fingerprint density at radius 3 is 2.72 bits per heavy atom. The van der Waals surface area contributed by atoms with Gasteiger partial charge in [0.1, 0.15) is 5.69 Å². The Morgan fingerprint density at radius 2 is 2.22 bits per heavy atom. The van der Waals surface area contributed by atoms with Crippen LogP contribution in [0.15, 0.2) is 12.1 Å². The van der Waals surface area contributed by atoms with Gasteiger partial charge in [0.2, 0.25) is 0 Å². The minimum absolute atomic E-state index is 0.0863. The lowest BCUT2D eigenvalue weighted by atomic mass is 10.1. The number of hydrogen-bond donors (Lipinski definition) is 2. The largest absolute Gasteiger partial charge is 0.478 e. The van der Waals surface area contributed by atoms with E-state index in [0.717, 1.165) is 0 Å². The first kappa shape index (κ1) is 13.7. The lowest BCUT2D eigenvalue weighted by Gasteiger charge is -2.11. The molecule has 2 N–H and O–H groups in total. The van der Waals surface area contributed by atoms with Crippen LogP contribution in [0.5, 0.6) is 0 Å². The van der Waals surface area contributed by atoms with Crippen LogP contribution < -0.4 is 5.32 Å². The van der Waals surface area contributed by atoms with Crippen molar-refractivity contribution in [2.24, 2.45) is 0 Å². The number of hydrogen-bond acceptors (Lipinski definition) is 3. The molecule has 0 fully saturated rings. The quantitative estimate of drug-likeness (QED) is 0.783. The third kappa shape index (κ3) is 3.32. The predicted octanol–water partition coefficient (Wildman–Crippen LogP) is 1.23. The van der Waals surface area contributed by atoms with Crippen LogP contribution in [-0.4, -0.2) is 28.0 Å². The molecule has 94 valence electrons. The number of carboxylic acid groups (broad SMARTS) is 1. The van der Waals surface area contributed by atoms with E-state index in [9.17, 15) is 9.59 Å². The Kier molecular flexibility index (Phi) is 4.44. The number of terminal acetylenes is 1. The van der Waals surface area contributed by atoms with Crippen LogP contribution in [0, 0.1) is 19.3 Å². The van der Waals surface area contributed by atoms with E-state index in [2.05, 4.69) is 16.2 Å². The summed E-state index contributed by atoms with van der Waals surface area (Å²) >= 11 is 0. The van der Waals surface area contributed by atoms with Crippen molar-refractivity contribution in [2.45, 2.75) is 26.3 Å². The third-order valence-electron chi connectivity index (χ3n) is 2.35. The van der Waals surface area contributed by atoms with Gasteiger partial charge in [0.05, 0.1) is 11.3 Å². The molecule has 5 heteroatoms. The summed E-state index contributed by atoms with van der Waals surface area (Å²) < 4.78 is 0. The molecule has 0 aliphatic carbocycles. The zero-order chi connectivity index (χ0) is 13.7. The van der Waals surface area contributed by atoms with Crippen molar-refractivity contribution >= 4 is 11.9 Å². The smallest absolute Gasteiger partial charge is 0.337 e. The second-order valence-electron chi connectivity index (χ2n) is 3.92. The lowest BCUT2D eigenvalue weighted by molar-refractivity contribution is 0.0694. The number of aryl methyl sites for hydroxylation is 1. The fraction of sp³-hybridized carbons (Fsp3) is 0.308. The molecule has 0 radical (unpaired) electrons. The molecule has 0 bridgehead atoms. The number of carboxylic acids is 1. The highest BCUT2D eigenvalue weighted by Crippen LogP contribution is 2.07. The molecule has 0 spiro atoms. The normalized spacial score (nSPS) is 11.4. The number of rotatable bonds is 4. The molecule has 1 rings (SSSR count). The topological polar surface area (TPSA) is 79.3 Å². The van der Waals surface area contributed by atoms with E-state index < -0.39 is 5.97 Å². The monoisotopic (exact) mass is 246 g/mol. The number of aromatic carboxylic acids is 1. The summed E-state index contributed by atoms with van der Waals surface area (Å²) in [6.45, 7) is 3.33. The summed E-state index contributed by atoms with van der Waals surface area (Å²) in [4.78, 5) is 26.5. The molecule has 1 unspecified atom stereocenters. The van der Waals surface area contributed by atoms with Crippen LogP contribution in [0.2, 0.25) is 0 Å². The Hall–Kier alpha value is -2.35. The first-order chi connectivity index (χ1) is 8.45. The fourth-order valence-corrected chi connectivity index (χ4v) is 1.44. The van der Waals surface area contributed by atoms with Gasteiger partial charge < -0.3 is 10.4 Å². The van der Waals surface area contributed by atoms with Crippen molar-refractivity contribution < 1.29 is 14.7 Å². The third-order valence-corrected chi connectivity index (χ3v) is 2.35. The zero-order valence-corrected chi connectivity index (χ0v) is 10.2. The van der Waals surface area contributed by atoms with Crippen LogP contribution >= 0.6 is 0 Å². The first-order valence-corrected chi connectivity index (χ1v) is 5.41. The molecule has 0 saturated heterocycles. The standard InChI is InChI=1S/C13H14N2O3/c1-4-5-8(2)14-12(16)11-7-6-10(13(17)18)9(3)15-11/h1,6-8H,5H2,2-3H3,(H,14,16)(H,17,18). The summed E-state index contributed by atoms with van der Waals surface area (Å²) in [5.74, 6) is 1.02. The van der Waals surface area contributed by atoms with E-state index in [1.165, 1.54) is 12.1 Å². The van der Waals surface area contributed by atoms with Crippen molar-refractivity contribution in [3.8, 4) is 12.3 Å². The number of pyridine rings is 1. The highest BCUT2D eigenvalue weighted by atomic mass is 16.4. The number of carbonyl (C=O) groups is 2. The number of aromatic nitrogens is 1. The van der Waals surface area contributed by atoms with Gasteiger partial charge in [0.25, 0.3) is 5.91 Å². The second-order valence-corrected chi connectivity index (χ2v) is 3.92. The minimum atomic E-state index is -1.06. The molecule has 1 aromatic heterocycles. The van der Waals surface area contributed by atoms with Crippen LogP contribution in [0.4, 0.5) is 0 Å². The molecule has 5 nitrogen and oxygen atoms in total. The predicted molar refractivity (Wildman–Crippen MR) is 66.3 cm³/mol. The van der Waals surface area contributed by atoms with Crippen LogP contribution in [0.25, 0.3) is 0 Å². The lowest BCUT2D eigenvalue weighted by Crippen LogP contribution is -2.33. The van der Waals surface area contributed by atoms with Gasteiger partial charge in [0, 0.05) is 12.5 Å². The van der Waals surface area contributed by atoms with Gasteiger partial charge in [0.15, 0.2) is 0 Å². The van der Waals surface area contributed by atoms with Crippen molar-refractivity contribution in [2.75, 3.05) is 0 Å². The number of carbonyl (C=O) groups excluding carboxylic acids is 1. The van der Waals surface area contributed by atoms with Gasteiger partial charge in [-0.15, -0.1) is 12.3 Å². The maximum Gasteiger partial charge on any atom is 0.337 e. The molecular weight excluding hydrogens is 232 g/mol. The van der Waals surface area contributed by atoms with Crippen LogP contribution in [0.3, 0.4) is 0 Å². The fourth-order valence-electron chi connectivity index (χ4n) is 1.44. The van der Waals surface area contributed by atoms with Crippen molar-refractivity contribution in [3.63, 3.8) is 0 Å². The highest BCUT2D eigenvalue weighted by molar-refractivity contribution is 5.94. The average Bonchev–Trinajstić information content (AvgIpc) is 2.28. The van der Waals surface area contributed by atoms with Gasteiger partial charge in [-0.1, -0.05) is 0 Å². The summed E-state index contributed by atoms with van der Waals surface area (Å²) in [5.41, 5.74) is 0.573. The summed E-state index contributed by atoms with van der Waals surface area (Å²) in [5, 5.41) is 11.5. The summed E-state index contributed by atoms with van der Waals surface area (Å²) in [7, 11) is 0. The average molecular weight is 246 g/mol. The number of nitrogens with one attached hydrogen (secondary N) is 1. The molecule has 0 aliphatic heterocycles. The Morgan fingerprint density at radius 1 is 1.56 bits per heavy atom. The van der Waals surface area contributed by atoms with Crippen molar-refractivity contribution in [1.29, 1.82) is 0 Å². The van der Waals surface area contributed by atoms with E-state index in [1.807, 2.05) is 0 Å². The molecule has 0 aliphatic rings. The number of amides is 1. The highest BCUT2D eigenvalue weighted by Gasteiger charge is 2.14. The van der Waals surface area contributed by atoms with Crippen molar-refractivity contribution in [3.05, 3.63) is 29.1 Å². The van der Waals surface area contributed by atoms with E-state index in [-0.39, 0.29) is 23.2 Å². The van der Waals surface area contributed by atoms with E-state index >= 15 is 0 Å². The molecule has 0 aromatic carbocycles. The molecule has 1 atom stereocenters. The minimum Gasteiger partial charge on any atom is -0.478 e. The zero-order valence-electron chi connectivity index (χ0n) is 10.2. The summed E-state index contributed by atoms with van der Waals surface area (Å²) in [6, 6.07) is 2.60. The molecule has 1 heterocycles. The Bertz CT molecular complexity index is 517. The van der Waals surface area contributed by atoms with E-state index in [0.29, 0.717) is 12.1 Å². The summed E-state index contributed by atoms with van der Waals surface area (Å²) in [6.07, 6.45) is 5.57. The maximum atomic E-state index is 11.8. The van der Waals surface area contributed by atoms with Crippen LogP contribution in [-0.2, 0) is 0 Å². The molecule has 1 amide bonds. The molecule has 0 saturated carbocycles. The van der Waals surface area contributed by atoms with Gasteiger partial charge >= 0.3 is 5.97 Å². The Balaban J connectivity index is 2.85. The molecule has 1 aromatic rings.